The summed E-state index contributed by atoms with van der Waals surface area (Å²) in [4.78, 5) is 5.90. The number of nitrogens with one attached hydrogen (secondary N) is 1. The molecule has 0 spiro atoms. The number of benzene rings is 1. The van der Waals surface area contributed by atoms with E-state index in [4.69, 9.17) is 9.72 Å². The number of anilines is 1. The van der Waals surface area contributed by atoms with Gasteiger partial charge in [0.05, 0.1) is 5.69 Å². The second-order valence-corrected chi connectivity index (χ2v) is 6.72. The highest BCUT2D eigenvalue weighted by molar-refractivity contribution is 8.00. The molecule has 106 valence electrons. The minimum atomic E-state index is 0.569. The maximum atomic E-state index is 5.40. The van der Waals surface area contributed by atoms with Crippen LogP contribution < -0.4 is 4.72 Å². The fourth-order valence-corrected chi connectivity index (χ4v) is 3.70. The molecule has 2 aromatic rings. The maximum Gasteiger partial charge on any atom is 0.193 e. The van der Waals surface area contributed by atoms with Crippen molar-refractivity contribution in [2.45, 2.75) is 30.6 Å². The summed E-state index contributed by atoms with van der Waals surface area (Å²) in [7, 11) is 0. The lowest BCUT2D eigenvalue weighted by Gasteiger charge is -2.19. The van der Waals surface area contributed by atoms with Gasteiger partial charge in [0.25, 0.3) is 0 Å². The van der Waals surface area contributed by atoms with Crippen molar-refractivity contribution in [3.8, 4) is 0 Å². The zero-order chi connectivity index (χ0) is 13.8. The van der Waals surface area contributed by atoms with Crippen LogP contribution in [0, 0.1) is 6.92 Å². The van der Waals surface area contributed by atoms with Crippen molar-refractivity contribution in [2.75, 3.05) is 17.9 Å². The van der Waals surface area contributed by atoms with Crippen LogP contribution >= 0.6 is 23.3 Å². The Morgan fingerprint density at radius 2 is 2.00 bits per heavy atom. The SMILES string of the molecule is Cc1ccc(SNc2nc(C3CCOCC3)cs2)cc1. The molecule has 1 aromatic heterocycles. The molecule has 3 rings (SSSR count). The Hall–Kier alpha value is -1.04. The minimum absolute atomic E-state index is 0.569. The van der Waals surface area contributed by atoms with Crippen molar-refractivity contribution in [2.24, 2.45) is 0 Å². The fourth-order valence-electron chi connectivity index (χ4n) is 2.22. The van der Waals surface area contributed by atoms with Gasteiger partial charge in [0.15, 0.2) is 5.13 Å². The van der Waals surface area contributed by atoms with E-state index in [9.17, 15) is 0 Å². The lowest BCUT2D eigenvalue weighted by atomic mass is 9.98. The predicted molar refractivity (Wildman–Crippen MR) is 85.6 cm³/mol. The van der Waals surface area contributed by atoms with Gasteiger partial charge in [-0.05, 0) is 43.8 Å². The highest BCUT2D eigenvalue weighted by atomic mass is 32.2. The third kappa shape index (κ3) is 3.53. The number of nitrogens with zero attached hydrogens (tertiary/aromatic N) is 1. The summed E-state index contributed by atoms with van der Waals surface area (Å²) < 4.78 is 8.73. The molecule has 0 saturated carbocycles. The van der Waals surface area contributed by atoms with Gasteiger partial charge in [-0.15, -0.1) is 11.3 Å². The number of ether oxygens (including phenoxy) is 1. The van der Waals surface area contributed by atoms with Gasteiger partial charge < -0.3 is 9.46 Å². The first-order valence-corrected chi connectivity index (χ1v) is 8.53. The second kappa shape index (κ2) is 6.61. The van der Waals surface area contributed by atoms with Crippen LogP contribution in [0.1, 0.15) is 30.0 Å². The summed E-state index contributed by atoms with van der Waals surface area (Å²) in [5.74, 6) is 0.569. The normalized spacial score (nSPS) is 16.2. The molecule has 0 bridgehead atoms. The molecule has 1 aliphatic rings. The Labute approximate surface area is 127 Å². The number of rotatable bonds is 4. The lowest BCUT2D eigenvalue weighted by molar-refractivity contribution is 0.0846. The van der Waals surface area contributed by atoms with Crippen LogP contribution in [0.15, 0.2) is 34.5 Å². The minimum Gasteiger partial charge on any atom is -0.381 e. The summed E-state index contributed by atoms with van der Waals surface area (Å²) >= 11 is 3.30. The zero-order valence-corrected chi connectivity index (χ0v) is 13.1. The van der Waals surface area contributed by atoms with E-state index in [0.29, 0.717) is 5.92 Å². The molecule has 0 atom stereocenters. The van der Waals surface area contributed by atoms with Crippen LogP contribution in [-0.2, 0) is 4.74 Å². The van der Waals surface area contributed by atoms with E-state index >= 15 is 0 Å². The third-order valence-electron chi connectivity index (χ3n) is 3.44. The number of thiazole rings is 1. The zero-order valence-electron chi connectivity index (χ0n) is 11.5. The van der Waals surface area contributed by atoms with Crippen molar-refractivity contribution in [3.05, 3.63) is 40.9 Å². The van der Waals surface area contributed by atoms with E-state index in [1.807, 2.05) is 0 Å². The molecule has 1 aliphatic heterocycles. The summed E-state index contributed by atoms with van der Waals surface area (Å²) in [6, 6.07) is 8.50. The first-order chi connectivity index (χ1) is 9.81. The van der Waals surface area contributed by atoms with Crippen LogP contribution in [0.4, 0.5) is 5.13 Å². The van der Waals surface area contributed by atoms with Crippen molar-refractivity contribution in [1.29, 1.82) is 0 Å². The largest absolute Gasteiger partial charge is 0.381 e. The van der Waals surface area contributed by atoms with Gasteiger partial charge in [-0.25, -0.2) is 4.98 Å². The summed E-state index contributed by atoms with van der Waals surface area (Å²) in [5, 5.41) is 3.16. The average molecular weight is 306 g/mol. The smallest absolute Gasteiger partial charge is 0.193 e. The van der Waals surface area contributed by atoms with Crippen molar-refractivity contribution < 1.29 is 4.74 Å². The van der Waals surface area contributed by atoms with E-state index < -0.39 is 0 Å². The van der Waals surface area contributed by atoms with Crippen molar-refractivity contribution in [1.82, 2.24) is 4.98 Å². The second-order valence-electron chi connectivity index (χ2n) is 4.98. The first-order valence-electron chi connectivity index (χ1n) is 6.84. The summed E-state index contributed by atoms with van der Waals surface area (Å²) in [5.41, 5.74) is 2.50. The third-order valence-corrected chi connectivity index (χ3v) is 5.15. The van der Waals surface area contributed by atoms with Crippen LogP contribution in [0.3, 0.4) is 0 Å². The lowest BCUT2D eigenvalue weighted by Crippen LogP contribution is -2.14. The molecule has 2 heterocycles. The van der Waals surface area contributed by atoms with Gasteiger partial charge in [-0.1, -0.05) is 17.7 Å². The van der Waals surface area contributed by atoms with E-state index in [1.165, 1.54) is 16.2 Å². The van der Waals surface area contributed by atoms with Crippen molar-refractivity contribution >= 4 is 28.4 Å². The molecule has 0 amide bonds. The van der Waals surface area contributed by atoms with Gasteiger partial charge in [-0.2, -0.15) is 0 Å². The van der Waals surface area contributed by atoms with Gasteiger partial charge in [0.2, 0.25) is 0 Å². The first kappa shape index (κ1) is 13.9. The predicted octanol–water partition coefficient (Wildman–Crippen LogP) is 4.46. The molecule has 5 heteroatoms. The standard InChI is InChI=1S/C15H18N2OS2/c1-11-2-4-13(5-3-11)20-17-15-16-14(10-19-15)12-6-8-18-9-7-12/h2-5,10,12H,6-9H2,1H3,(H,16,17). The Balaban J connectivity index is 1.58. The Morgan fingerprint density at radius 3 is 2.75 bits per heavy atom. The number of hydrogen-bond acceptors (Lipinski definition) is 5. The highest BCUT2D eigenvalue weighted by Crippen LogP contribution is 2.31. The number of hydrogen-bond donors (Lipinski definition) is 1. The van der Waals surface area contributed by atoms with E-state index in [1.54, 1.807) is 23.3 Å². The van der Waals surface area contributed by atoms with E-state index in [0.717, 1.165) is 31.2 Å². The molecule has 3 nitrogen and oxygen atoms in total. The van der Waals surface area contributed by atoms with Crippen LogP contribution in [-0.4, -0.2) is 18.2 Å². The maximum absolute atomic E-state index is 5.40. The summed E-state index contributed by atoms with van der Waals surface area (Å²) in [6.07, 6.45) is 2.18. The molecule has 1 saturated heterocycles. The van der Waals surface area contributed by atoms with Gasteiger partial charge in [-0.3, -0.25) is 0 Å². The molecule has 20 heavy (non-hydrogen) atoms. The number of aryl methyl sites for hydroxylation is 1. The number of aromatic nitrogens is 1. The highest BCUT2D eigenvalue weighted by Gasteiger charge is 2.18. The molecule has 0 unspecified atom stereocenters. The Morgan fingerprint density at radius 1 is 1.25 bits per heavy atom. The molecule has 0 aliphatic carbocycles. The van der Waals surface area contributed by atoms with Crippen LogP contribution in [0.2, 0.25) is 0 Å². The van der Waals surface area contributed by atoms with Gasteiger partial charge in [0.1, 0.15) is 0 Å². The Bertz CT molecular complexity index is 547. The summed E-state index contributed by atoms with van der Waals surface area (Å²) in [6.45, 7) is 3.83. The quantitative estimate of drug-likeness (QED) is 0.845. The Kier molecular flexibility index (Phi) is 4.60. The molecule has 1 N–H and O–H groups in total. The van der Waals surface area contributed by atoms with Crippen LogP contribution in [0.5, 0.6) is 0 Å². The monoisotopic (exact) mass is 306 g/mol. The molecule has 0 radical (unpaired) electrons. The van der Waals surface area contributed by atoms with E-state index in [2.05, 4.69) is 41.3 Å². The van der Waals surface area contributed by atoms with Crippen molar-refractivity contribution in [3.63, 3.8) is 0 Å². The van der Waals surface area contributed by atoms with E-state index in [-0.39, 0.29) is 0 Å². The molecular formula is C15H18N2OS2. The topological polar surface area (TPSA) is 34.2 Å². The molecular weight excluding hydrogens is 288 g/mol. The molecule has 1 aromatic carbocycles. The van der Waals surface area contributed by atoms with Crippen LogP contribution in [0.25, 0.3) is 0 Å². The van der Waals surface area contributed by atoms with Gasteiger partial charge >= 0.3 is 0 Å². The molecule has 1 fully saturated rings. The fraction of sp³-hybridized carbons (Fsp3) is 0.400. The average Bonchev–Trinajstić information content (AvgIpc) is 2.97. The van der Waals surface area contributed by atoms with Gasteiger partial charge in [0, 0.05) is 29.4 Å².